The minimum absolute atomic E-state index is 0. The van der Waals surface area contributed by atoms with Crippen LogP contribution < -0.4 is 5.32 Å². The van der Waals surface area contributed by atoms with Crippen molar-refractivity contribution in [3.05, 3.63) is 47.0 Å². The van der Waals surface area contributed by atoms with Gasteiger partial charge in [-0.2, -0.15) is 0 Å². The average Bonchev–Trinajstić information content (AvgIpc) is 2.45. The number of fused-ring (bicyclic) bond motifs is 1. The van der Waals surface area contributed by atoms with Gasteiger partial charge < -0.3 is 31.2 Å². The van der Waals surface area contributed by atoms with Crippen LogP contribution in [0.2, 0.25) is 0 Å². The zero-order chi connectivity index (χ0) is 14.3. The number of halogens is 1. The molecule has 0 spiro atoms. The molecule has 1 atom stereocenters. The lowest BCUT2D eigenvalue weighted by atomic mass is 9.85. The molecule has 6 nitrogen and oxygen atoms in total. The highest BCUT2D eigenvalue weighted by Crippen LogP contribution is 2.40. The van der Waals surface area contributed by atoms with Gasteiger partial charge >= 0.3 is 0 Å². The summed E-state index contributed by atoms with van der Waals surface area (Å²) in [6.45, 7) is 1.14. The van der Waals surface area contributed by atoms with Crippen LogP contribution in [0.1, 0.15) is 22.6 Å². The van der Waals surface area contributed by atoms with Crippen LogP contribution in [-0.2, 0) is 6.54 Å². The molecule has 0 saturated heterocycles. The molecule has 7 heteroatoms. The Morgan fingerprint density at radius 2 is 1.59 bits per heavy atom. The van der Waals surface area contributed by atoms with E-state index in [0.717, 1.165) is 11.1 Å². The smallest absolute Gasteiger partial charge is 0.162 e. The van der Waals surface area contributed by atoms with Crippen molar-refractivity contribution < 1.29 is 25.9 Å². The quantitative estimate of drug-likeness (QED) is 0.485. The van der Waals surface area contributed by atoms with E-state index in [2.05, 4.69) is 5.32 Å². The number of phenolic OH excluding ortho intramolecular Hbond substituents is 4. The maximum Gasteiger partial charge on any atom is 0.162 e. The van der Waals surface area contributed by atoms with Crippen molar-refractivity contribution >= 4 is 17.0 Å². The fraction of sp³-hybridized carbons (Fsp3) is 0.200. The third kappa shape index (κ3) is 2.96. The summed E-state index contributed by atoms with van der Waals surface area (Å²) in [7, 11) is 0. The Labute approximate surface area is 137 Å². The molecule has 0 unspecified atom stereocenters. The summed E-state index contributed by atoms with van der Waals surface area (Å²) in [5.41, 5.74) is 2.40. The van der Waals surface area contributed by atoms with Gasteiger partial charge in [0, 0.05) is 24.6 Å². The third-order valence-electron chi connectivity index (χ3n) is 3.73. The van der Waals surface area contributed by atoms with Crippen LogP contribution in [-0.4, -0.2) is 32.4 Å². The summed E-state index contributed by atoms with van der Waals surface area (Å²) in [6, 6.07) is 7.94. The second-order valence-corrected chi connectivity index (χ2v) is 4.93. The van der Waals surface area contributed by atoms with Gasteiger partial charge in [0.1, 0.15) is 0 Å². The molecule has 0 aromatic heterocycles. The molecule has 0 amide bonds. The van der Waals surface area contributed by atoms with Crippen molar-refractivity contribution in [2.45, 2.75) is 12.5 Å². The first-order valence-electron chi connectivity index (χ1n) is 6.34. The van der Waals surface area contributed by atoms with Gasteiger partial charge in [0.05, 0.1) is 0 Å². The van der Waals surface area contributed by atoms with Crippen LogP contribution in [0.15, 0.2) is 30.3 Å². The first kappa shape index (κ1) is 18.1. The van der Waals surface area contributed by atoms with Gasteiger partial charge in [0.2, 0.25) is 0 Å². The number of hydrogen-bond acceptors (Lipinski definition) is 5. The Kier molecular flexibility index (Phi) is 5.65. The van der Waals surface area contributed by atoms with Gasteiger partial charge in [-0.15, -0.1) is 17.0 Å². The Bertz CT molecular complexity index is 677. The monoisotopic (exact) mass is 371 g/mol. The van der Waals surface area contributed by atoms with E-state index >= 15 is 0 Å². The molecule has 120 valence electrons. The summed E-state index contributed by atoms with van der Waals surface area (Å²) in [5.74, 6) is -0.636. The molecule has 0 saturated carbocycles. The lowest BCUT2D eigenvalue weighted by Gasteiger charge is -2.27. The van der Waals surface area contributed by atoms with Crippen LogP contribution in [0.5, 0.6) is 23.0 Å². The Balaban J connectivity index is 0.00000121. The predicted molar refractivity (Wildman–Crippen MR) is 87.0 cm³/mol. The fourth-order valence-electron chi connectivity index (χ4n) is 2.66. The van der Waals surface area contributed by atoms with Crippen LogP contribution in [0.25, 0.3) is 0 Å². The van der Waals surface area contributed by atoms with Gasteiger partial charge in [-0.25, -0.2) is 0 Å². The molecule has 0 aliphatic carbocycles. The van der Waals surface area contributed by atoms with E-state index in [0.29, 0.717) is 18.7 Å². The van der Waals surface area contributed by atoms with Gasteiger partial charge in [-0.1, -0.05) is 12.1 Å². The van der Waals surface area contributed by atoms with Crippen molar-refractivity contribution in [2.24, 2.45) is 0 Å². The molecule has 0 bridgehead atoms. The summed E-state index contributed by atoms with van der Waals surface area (Å²) < 4.78 is 0. The molecule has 7 N–H and O–H groups in total. The van der Waals surface area contributed by atoms with E-state index in [1.165, 1.54) is 18.2 Å². The second kappa shape index (κ2) is 6.87. The number of benzene rings is 2. The highest BCUT2D eigenvalue weighted by atomic mass is 79.9. The first-order valence-corrected chi connectivity index (χ1v) is 6.34. The van der Waals surface area contributed by atoms with Crippen LogP contribution >= 0.6 is 17.0 Å². The average molecular weight is 372 g/mol. The molecule has 22 heavy (non-hydrogen) atoms. The molecule has 0 radical (unpaired) electrons. The van der Waals surface area contributed by atoms with E-state index in [1.54, 1.807) is 12.1 Å². The number of hydrogen-bond donors (Lipinski definition) is 5. The standard InChI is InChI=1S/C15H15NO4.BrH.H2O/c17-12-3-1-8(5-14(12)19)10-6-16-7-11-9(10)2-4-13(18)15(11)20;;/h1-5,10,16-20H,6-7H2;1H;1H2/t10-;;/m0../s1. The maximum absolute atomic E-state index is 9.93. The Morgan fingerprint density at radius 1 is 0.909 bits per heavy atom. The number of nitrogens with one attached hydrogen (secondary N) is 1. The minimum Gasteiger partial charge on any atom is -0.504 e. The van der Waals surface area contributed by atoms with Crippen molar-refractivity contribution in [2.75, 3.05) is 6.54 Å². The molecule has 1 heterocycles. The minimum atomic E-state index is -0.169. The van der Waals surface area contributed by atoms with Crippen LogP contribution in [0.4, 0.5) is 0 Å². The lowest BCUT2D eigenvalue weighted by Crippen LogP contribution is -2.28. The van der Waals surface area contributed by atoms with Crippen molar-refractivity contribution in [3.63, 3.8) is 0 Å². The molecular weight excluding hydrogens is 354 g/mol. The first-order chi connectivity index (χ1) is 9.58. The van der Waals surface area contributed by atoms with E-state index in [1.807, 2.05) is 0 Å². The van der Waals surface area contributed by atoms with Gasteiger partial charge in [-0.3, -0.25) is 0 Å². The summed E-state index contributed by atoms with van der Waals surface area (Å²) in [4.78, 5) is 0. The lowest BCUT2D eigenvalue weighted by molar-refractivity contribution is 0.392. The molecule has 0 fully saturated rings. The molecule has 1 aliphatic rings. The maximum atomic E-state index is 9.93. The van der Waals surface area contributed by atoms with E-state index < -0.39 is 0 Å². The summed E-state index contributed by atoms with van der Waals surface area (Å²) >= 11 is 0. The van der Waals surface area contributed by atoms with Crippen LogP contribution in [0, 0.1) is 0 Å². The van der Waals surface area contributed by atoms with Crippen LogP contribution in [0.3, 0.4) is 0 Å². The largest absolute Gasteiger partial charge is 0.504 e. The highest BCUT2D eigenvalue weighted by molar-refractivity contribution is 8.93. The van der Waals surface area contributed by atoms with E-state index in [9.17, 15) is 20.4 Å². The number of phenols is 4. The van der Waals surface area contributed by atoms with E-state index in [-0.39, 0.29) is 51.4 Å². The fourth-order valence-corrected chi connectivity index (χ4v) is 2.66. The Morgan fingerprint density at radius 3 is 2.27 bits per heavy atom. The van der Waals surface area contributed by atoms with E-state index in [4.69, 9.17) is 0 Å². The number of rotatable bonds is 1. The second-order valence-electron chi connectivity index (χ2n) is 4.93. The Hall–Kier alpha value is -1.96. The zero-order valence-corrected chi connectivity index (χ0v) is 13.3. The molecule has 2 aromatic carbocycles. The molecule has 2 aromatic rings. The highest BCUT2D eigenvalue weighted by Gasteiger charge is 2.25. The molecular formula is C15H18BrNO5. The van der Waals surface area contributed by atoms with Gasteiger partial charge in [0.15, 0.2) is 23.0 Å². The topological polar surface area (TPSA) is 124 Å². The SMILES string of the molecule is Br.O.Oc1ccc([C@@H]2CNCc3c2ccc(O)c3O)cc1O. The van der Waals surface area contributed by atoms with Crippen molar-refractivity contribution in [3.8, 4) is 23.0 Å². The molecule has 3 rings (SSSR count). The van der Waals surface area contributed by atoms with Gasteiger partial charge in [0.25, 0.3) is 0 Å². The normalized spacial score (nSPS) is 16.1. The van der Waals surface area contributed by atoms with Gasteiger partial charge in [-0.05, 0) is 29.3 Å². The number of aromatic hydroxyl groups is 4. The molecule has 1 aliphatic heterocycles. The third-order valence-corrected chi connectivity index (χ3v) is 3.73. The summed E-state index contributed by atoms with van der Waals surface area (Å²) in [5, 5.41) is 41.7. The van der Waals surface area contributed by atoms with Crippen molar-refractivity contribution in [1.29, 1.82) is 0 Å². The van der Waals surface area contributed by atoms with Crippen molar-refractivity contribution in [1.82, 2.24) is 5.32 Å². The predicted octanol–water partition coefficient (Wildman–Crippen LogP) is 1.50. The zero-order valence-electron chi connectivity index (χ0n) is 11.6. The summed E-state index contributed by atoms with van der Waals surface area (Å²) in [6.07, 6.45) is 0.